The number of amides is 2. The van der Waals surface area contributed by atoms with Crippen LogP contribution >= 0.6 is 24.0 Å². The maximum absolute atomic E-state index is 13.3. The highest BCUT2D eigenvalue weighted by atomic mass is 32.2. The molecule has 1 aliphatic rings. The molecule has 3 aromatic rings. The number of hydrogen-bond donors (Lipinski definition) is 2. The maximum atomic E-state index is 13.3. The SMILES string of the molecule is COc1cc(CNC(=O)/C(=C/c2ccc(SC(=S)N3CCOCC3)o2)NC(=O)c2ccccc2)cc(OC)c1OC. The molecular formula is C29H31N3O7S2. The van der Waals surface area contributed by atoms with Crippen molar-refractivity contribution in [3.63, 3.8) is 0 Å². The summed E-state index contributed by atoms with van der Waals surface area (Å²) in [6.07, 6.45) is 1.48. The topological polar surface area (TPSA) is 112 Å². The van der Waals surface area contributed by atoms with Gasteiger partial charge in [0, 0.05) is 31.3 Å². The van der Waals surface area contributed by atoms with E-state index in [0.29, 0.717) is 56.8 Å². The fourth-order valence-corrected chi connectivity index (χ4v) is 5.15. The van der Waals surface area contributed by atoms with Crippen LogP contribution in [-0.4, -0.2) is 68.7 Å². The smallest absolute Gasteiger partial charge is 0.268 e. The number of methoxy groups -OCH3 is 3. The Balaban J connectivity index is 1.52. The van der Waals surface area contributed by atoms with E-state index in [4.69, 9.17) is 35.6 Å². The lowest BCUT2D eigenvalue weighted by molar-refractivity contribution is -0.117. The number of benzene rings is 2. The quantitative estimate of drug-likeness (QED) is 0.201. The molecule has 0 atom stereocenters. The van der Waals surface area contributed by atoms with Crippen LogP contribution < -0.4 is 24.8 Å². The number of carbonyl (C=O) groups excluding carboxylic acids is 2. The Morgan fingerprint density at radius 1 is 1.00 bits per heavy atom. The van der Waals surface area contributed by atoms with Crippen LogP contribution in [0.15, 0.2) is 69.8 Å². The molecule has 0 aliphatic carbocycles. The minimum atomic E-state index is -0.516. The third-order valence-electron chi connectivity index (χ3n) is 6.05. The predicted octanol–water partition coefficient (Wildman–Crippen LogP) is 4.10. The van der Waals surface area contributed by atoms with Crippen LogP contribution in [0.2, 0.25) is 0 Å². The third kappa shape index (κ3) is 8.03. The maximum Gasteiger partial charge on any atom is 0.268 e. The zero-order chi connectivity index (χ0) is 29.2. The number of nitrogens with one attached hydrogen (secondary N) is 2. The zero-order valence-electron chi connectivity index (χ0n) is 22.9. The molecule has 10 nitrogen and oxygen atoms in total. The van der Waals surface area contributed by atoms with E-state index < -0.39 is 11.8 Å². The van der Waals surface area contributed by atoms with Gasteiger partial charge in [-0.05, 0) is 53.7 Å². The molecule has 1 fully saturated rings. The summed E-state index contributed by atoms with van der Waals surface area (Å²) in [6.45, 7) is 2.83. The number of furan rings is 1. The largest absolute Gasteiger partial charge is 0.493 e. The Kier molecular flexibility index (Phi) is 10.7. The van der Waals surface area contributed by atoms with Gasteiger partial charge in [-0.2, -0.15) is 0 Å². The van der Waals surface area contributed by atoms with Crippen molar-refractivity contribution >= 4 is 46.2 Å². The average Bonchev–Trinajstić information content (AvgIpc) is 3.46. The number of thioether (sulfide) groups is 1. The van der Waals surface area contributed by atoms with Gasteiger partial charge in [0.15, 0.2) is 16.6 Å². The molecule has 41 heavy (non-hydrogen) atoms. The number of hydrogen-bond acceptors (Lipinski definition) is 9. The van der Waals surface area contributed by atoms with Crippen molar-refractivity contribution in [1.82, 2.24) is 15.5 Å². The number of carbonyl (C=O) groups is 2. The molecule has 0 saturated carbocycles. The first-order valence-electron chi connectivity index (χ1n) is 12.7. The van der Waals surface area contributed by atoms with E-state index in [1.54, 1.807) is 54.6 Å². The third-order valence-corrected chi connectivity index (χ3v) is 7.41. The van der Waals surface area contributed by atoms with Gasteiger partial charge in [0.05, 0.1) is 34.5 Å². The summed E-state index contributed by atoms with van der Waals surface area (Å²) in [5.74, 6) is 0.788. The minimum absolute atomic E-state index is 0.00736. The summed E-state index contributed by atoms with van der Waals surface area (Å²) in [4.78, 5) is 28.3. The average molecular weight is 598 g/mol. The molecule has 0 radical (unpaired) electrons. The van der Waals surface area contributed by atoms with E-state index in [1.165, 1.54) is 39.2 Å². The number of nitrogens with zero attached hydrogens (tertiary/aromatic N) is 1. The highest BCUT2D eigenvalue weighted by molar-refractivity contribution is 8.22. The van der Waals surface area contributed by atoms with Gasteiger partial charge >= 0.3 is 0 Å². The Morgan fingerprint density at radius 3 is 2.32 bits per heavy atom. The van der Waals surface area contributed by atoms with Gasteiger partial charge < -0.3 is 38.9 Å². The molecule has 0 unspecified atom stereocenters. The Bertz CT molecular complexity index is 1380. The lowest BCUT2D eigenvalue weighted by Gasteiger charge is -2.28. The Morgan fingerprint density at radius 2 is 1.68 bits per heavy atom. The van der Waals surface area contributed by atoms with Crippen molar-refractivity contribution in [1.29, 1.82) is 0 Å². The fourth-order valence-electron chi connectivity index (χ4n) is 3.96. The summed E-state index contributed by atoms with van der Waals surface area (Å²) in [5, 5.41) is 6.12. The van der Waals surface area contributed by atoms with Crippen molar-refractivity contribution in [2.24, 2.45) is 0 Å². The summed E-state index contributed by atoms with van der Waals surface area (Å²) in [5.41, 5.74) is 1.12. The standard InChI is InChI=1S/C29H31N3O7S2/c1-35-23-15-19(16-24(36-2)26(23)37-3)18-30-28(34)22(31-27(33)20-7-5-4-6-8-20)17-21-9-10-25(39-21)41-29(40)32-11-13-38-14-12-32/h4-10,15-17H,11-14,18H2,1-3H3,(H,30,34)(H,31,33)/b22-17-. The molecule has 216 valence electrons. The molecule has 1 aliphatic heterocycles. The molecule has 4 rings (SSSR count). The molecule has 1 aromatic heterocycles. The second kappa shape index (κ2) is 14.6. The lowest BCUT2D eigenvalue weighted by Crippen LogP contribution is -2.38. The summed E-state index contributed by atoms with van der Waals surface area (Å²) in [6, 6.07) is 15.6. The number of ether oxygens (including phenoxy) is 4. The predicted molar refractivity (Wildman–Crippen MR) is 159 cm³/mol. The molecule has 1 saturated heterocycles. The monoisotopic (exact) mass is 597 g/mol. The van der Waals surface area contributed by atoms with Gasteiger partial charge in [0.25, 0.3) is 11.8 Å². The van der Waals surface area contributed by atoms with Crippen LogP contribution in [0.25, 0.3) is 6.08 Å². The summed E-state index contributed by atoms with van der Waals surface area (Å²) in [7, 11) is 4.55. The first-order chi connectivity index (χ1) is 19.9. The van der Waals surface area contributed by atoms with Crippen LogP contribution in [0.3, 0.4) is 0 Å². The second-order valence-electron chi connectivity index (χ2n) is 8.72. The Hall–Kier alpha value is -4.00. The van der Waals surface area contributed by atoms with Gasteiger partial charge in [0.2, 0.25) is 5.75 Å². The van der Waals surface area contributed by atoms with E-state index >= 15 is 0 Å². The van der Waals surface area contributed by atoms with E-state index in [2.05, 4.69) is 15.5 Å². The molecule has 2 aromatic carbocycles. The molecule has 2 amide bonds. The van der Waals surface area contributed by atoms with Crippen LogP contribution in [0.1, 0.15) is 21.7 Å². The van der Waals surface area contributed by atoms with Gasteiger partial charge in [-0.15, -0.1) is 0 Å². The van der Waals surface area contributed by atoms with Crippen LogP contribution in [0, 0.1) is 0 Å². The van der Waals surface area contributed by atoms with Crippen molar-refractivity contribution in [2.45, 2.75) is 11.6 Å². The van der Waals surface area contributed by atoms with Crippen molar-refractivity contribution in [2.75, 3.05) is 47.6 Å². The van der Waals surface area contributed by atoms with Gasteiger partial charge in [-0.3, -0.25) is 9.59 Å². The lowest BCUT2D eigenvalue weighted by atomic mass is 10.1. The van der Waals surface area contributed by atoms with Crippen molar-refractivity contribution in [3.05, 3.63) is 77.2 Å². The van der Waals surface area contributed by atoms with Crippen LogP contribution in [-0.2, 0) is 16.1 Å². The van der Waals surface area contributed by atoms with Gasteiger partial charge in [0.1, 0.15) is 15.8 Å². The number of thiocarbonyl (C=S) groups is 1. The molecule has 0 spiro atoms. The number of rotatable bonds is 10. The summed E-state index contributed by atoms with van der Waals surface area (Å²) >= 11 is 6.87. The van der Waals surface area contributed by atoms with E-state index in [1.807, 2.05) is 0 Å². The number of morpholine rings is 1. The summed E-state index contributed by atoms with van der Waals surface area (Å²) < 4.78 is 28.2. The highest BCUT2D eigenvalue weighted by Gasteiger charge is 2.19. The van der Waals surface area contributed by atoms with Crippen molar-refractivity contribution in [3.8, 4) is 17.2 Å². The van der Waals surface area contributed by atoms with Gasteiger partial charge in [-0.25, -0.2) is 0 Å². The Labute approximate surface area is 248 Å². The van der Waals surface area contributed by atoms with E-state index in [-0.39, 0.29) is 12.2 Å². The zero-order valence-corrected chi connectivity index (χ0v) is 24.6. The first-order valence-corrected chi connectivity index (χ1v) is 13.9. The van der Waals surface area contributed by atoms with E-state index in [9.17, 15) is 9.59 Å². The molecule has 12 heteroatoms. The second-order valence-corrected chi connectivity index (χ2v) is 10.4. The minimum Gasteiger partial charge on any atom is -0.493 e. The first kappa shape index (κ1) is 30.0. The van der Waals surface area contributed by atoms with Crippen LogP contribution in [0.5, 0.6) is 17.2 Å². The molecule has 0 bridgehead atoms. The van der Waals surface area contributed by atoms with Crippen LogP contribution in [0.4, 0.5) is 0 Å². The fraction of sp³-hybridized carbons (Fsp3) is 0.276. The normalized spacial score (nSPS) is 13.3. The molecule has 2 N–H and O–H groups in total. The highest BCUT2D eigenvalue weighted by Crippen LogP contribution is 2.38. The van der Waals surface area contributed by atoms with E-state index in [0.717, 1.165) is 13.1 Å². The molecular weight excluding hydrogens is 566 g/mol. The molecule has 2 heterocycles. The van der Waals surface area contributed by atoms with Gasteiger partial charge in [-0.1, -0.05) is 30.4 Å². The van der Waals surface area contributed by atoms with Crippen molar-refractivity contribution < 1.29 is 33.0 Å².